The Hall–Kier alpha value is -1.68. The van der Waals surface area contributed by atoms with E-state index in [2.05, 4.69) is 16.7 Å². The van der Waals surface area contributed by atoms with E-state index in [1.54, 1.807) is 6.20 Å². The lowest BCUT2D eigenvalue weighted by Crippen LogP contribution is -2.28. The van der Waals surface area contributed by atoms with E-state index in [0.29, 0.717) is 8.73 Å². The Balaban J connectivity index is 1.70. The van der Waals surface area contributed by atoms with Gasteiger partial charge in [0.1, 0.15) is 5.75 Å². The molecule has 7 heteroatoms. The minimum Gasteiger partial charge on any atom is -0.490 e. The van der Waals surface area contributed by atoms with Crippen molar-refractivity contribution >= 4 is 25.7 Å². The van der Waals surface area contributed by atoms with Crippen LogP contribution >= 0.6 is 8.73 Å². The highest BCUT2D eigenvalue weighted by atomic mass is 31.1. The summed E-state index contributed by atoms with van der Waals surface area (Å²) in [4.78, 5) is 15.9. The number of carbonyl (C=O) groups is 1. The van der Waals surface area contributed by atoms with Crippen LogP contribution in [0.2, 0.25) is 0 Å². The topological polar surface area (TPSA) is 66.2 Å². The minimum absolute atomic E-state index is 0.0198. The third-order valence-electron chi connectivity index (χ3n) is 4.15. The molecule has 0 bridgehead atoms. The summed E-state index contributed by atoms with van der Waals surface area (Å²) in [5.41, 5.74) is 0.863. The predicted octanol–water partition coefficient (Wildman–Crippen LogP) is 2.61. The van der Waals surface area contributed by atoms with Crippen molar-refractivity contribution < 1.29 is 14.3 Å². The molecule has 22 heavy (non-hydrogen) atoms. The van der Waals surface area contributed by atoms with E-state index in [1.165, 1.54) is 7.11 Å². The molecule has 0 spiro atoms. The quantitative estimate of drug-likeness (QED) is 0.640. The molecule has 0 aliphatic heterocycles. The van der Waals surface area contributed by atoms with E-state index < -0.39 is 0 Å². The molecule has 2 heterocycles. The Kier molecular flexibility index (Phi) is 4.57. The first kappa shape index (κ1) is 15.2. The Morgan fingerprint density at radius 3 is 2.82 bits per heavy atom. The Labute approximate surface area is 131 Å². The highest BCUT2D eigenvalue weighted by molar-refractivity contribution is 7.35. The lowest BCUT2D eigenvalue weighted by molar-refractivity contribution is -0.147. The molecule has 1 atom stereocenters. The van der Waals surface area contributed by atoms with E-state index in [9.17, 15) is 4.79 Å². The normalized spacial score (nSPS) is 22.3. The zero-order chi connectivity index (χ0) is 15.5. The van der Waals surface area contributed by atoms with Crippen molar-refractivity contribution in [1.29, 1.82) is 0 Å². The van der Waals surface area contributed by atoms with Crippen molar-refractivity contribution in [2.75, 3.05) is 13.8 Å². The number of rotatable bonds is 4. The lowest BCUT2D eigenvalue weighted by Gasteiger charge is -2.27. The molecule has 118 valence electrons. The Morgan fingerprint density at radius 2 is 2.14 bits per heavy atom. The molecule has 1 unspecified atom stereocenters. The van der Waals surface area contributed by atoms with Crippen molar-refractivity contribution in [3.63, 3.8) is 0 Å². The van der Waals surface area contributed by atoms with Crippen molar-refractivity contribution in [3.05, 3.63) is 18.5 Å². The summed E-state index contributed by atoms with van der Waals surface area (Å²) in [6.45, 7) is 2.07. The molecule has 1 aliphatic carbocycles. The van der Waals surface area contributed by atoms with Gasteiger partial charge in [-0.1, -0.05) is 0 Å². The first-order valence-electron chi connectivity index (χ1n) is 7.48. The number of hydrogen-bond acceptors (Lipinski definition) is 5. The molecule has 0 amide bonds. The number of carbonyl (C=O) groups excluding carboxylic acids is 1. The number of hydrogen-bond donors (Lipinski definition) is 0. The van der Waals surface area contributed by atoms with Gasteiger partial charge in [0.15, 0.2) is 5.65 Å². The molecule has 6 nitrogen and oxygen atoms in total. The van der Waals surface area contributed by atoms with Crippen LogP contribution in [0.1, 0.15) is 25.7 Å². The monoisotopic (exact) mass is 321 g/mol. The summed E-state index contributed by atoms with van der Waals surface area (Å²) in [5, 5.41) is 5.29. The highest BCUT2D eigenvalue weighted by Crippen LogP contribution is 2.32. The van der Waals surface area contributed by atoms with Crippen molar-refractivity contribution in [2.45, 2.75) is 31.8 Å². The number of nitrogens with zero attached hydrogens (tertiary/aromatic N) is 3. The fraction of sp³-hybridized carbons (Fsp3) is 0.533. The van der Waals surface area contributed by atoms with Crippen LogP contribution in [0, 0.1) is 5.92 Å². The first-order valence-corrected chi connectivity index (χ1v) is 8.92. The molecule has 0 radical (unpaired) electrons. The first-order chi connectivity index (χ1) is 10.7. The SMILES string of the molecule is COC(=O)[C@H]1CC[C@H](Oc2ccnc3c2cnn3PC)CC1. The third kappa shape index (κ3) is 2.93. The van der Waals surface area contributed by atoms with E-state index >= 15 is 0 Å². The van der Waals surface area contributed by atoms with Gasteiger partial charge in [-0.15, -0.1) is 0 Å². The summed E-state index contributed by atoms with van der Waals surface area (Å²) < 4.78 is 12.8. The van der Waals surface area contributed by atoms with E-state index in [4.69, 9.17) is 9.47 Å². The minimum atomic E-state index is -0.102. The fourth-order valence-electron chi connectivity index (χ4n) is 2.93. The van der Waals surface area contributed by atoms with Crippen LogP contribution in [-0.2, 0) is 9.53 Å². The van der Waals surface area contributed by atoms with Gasteiger partial charge in [-0.3, -0.25) is 4.79 Å². The second-order valence-electron chi connectivity index (χ2n) is 5.44. The molecule has 1 saturated carbocycles. The fourth-order valence-corrected chi connectivity index (χ4v) is 3.50. The van der Waals surface area contributed by atoms with E-state index in [-0.39, 0.29) is 18.0 Å². The largest absolute Gasteiger partial charge is 0.490 e. The molecule has 1 aliphatic rings. The van der Waals surface area contributed by atoms with E-state index in [1.807, 2.05) is 16.7 Å². The number of fused-ring (bicyclic) bond motifs is 1. The molecular weight excluding hydrogens is 301 g/mol. The second kappa shape index (κ2) is 6.61. The Morgan fingerprint density at radius 1 is 1.36 bits per heavy atom. The maximum absolute atomic E-state index is 11.6. The van der Waals surface area contributed by atoms with E-state index in [0.717, 1.165) is 42.5 Å². The maximum Gasteiger partial charge on any atom is 0.308 e. The molecule has 1 fully saturated rings. The van der Waals surface area contributed by atoms with Crippen LogP contribution in [0.5, 0.6) is 5.75 Å². The predicted molar refractivity (Wildman–Crippen MR) is 85.6 cm³/mol. The van der Waals surface area contributed by atoms with Gasteiger partial charge in [-0.2, -0.15) is 5.10 Å². The van der Waals surface area contributed by atoms with Crippen molar-refractivity contribution in [2.24, 2.45) is 5.92 Å². The third-order valence-corrected chi connectivity index (χ3v) is 4.90. The van der Waals surface area contributed by atoms with Gasteiger partial charge in [0.05, 0.1) is 30.7 Å². The van der Waals surface area contributed by atoms with Gasteiger partial charge < -0.3 is 9.47 Å². The highest BCUT2D eigenvalue weighted by Gasteiger charge is 2.28. The van der Waals surface area contributed by atoms with Crippen LogP contribution in [-0.4, -0.2) is 40.4 Å². The van der Waals surface area contributed by atoms with Crippen molar-refractivity contribution in [3.8, 4) is 5.75 Å². The lowest BCUT2D eigenvalue weighted by atomic mass is 9.87. The molecule has 0 saturated heterocycles. The number of methoxy groups -OCH3 is 1. The van der Waals surface area contributed by atoms with Gasteiger partial charge in [0, 0.05) is 14.9 Å². The average Bonchev–Trinajstić information content (AvgIpc) is 2.99. The summed E-state index contributed by atoms with van der Waals surface area (Å²) in [6.07, 6.45) is 7.09. The molecule has 3 rings (SSSR count). The number of aromatic nitrogens is 3. The van der Waals surface area contributed by atoms with Crippen LogP contribution < -0.4 is 4.74 Å². The van der Waals surface area contributed by atoms with Crippen LogP contribution in [0.4, 0.5) is 0 Å². The van der Waals surface area contributed by atoms with Gasteiger partial charge in [-0.05, 0) is 38.4 Å². The summed E-state index contributed by atoms with van der Waals surface area (Å²) in [5.74, 6) is 0.748. The van der Waals surface area contributed by atoms with Gasteiger partial charge in [-0.25, -0.2) is 9.44 Å². The van der Waals surface area contributed by atoms with Crippen LogP contribution in [0.15, 0.2) is 18.5 Å². The smallest absolute Gasteiger partial charge is 0.308 e. The summed E-state index contributed by atoms with van der Waals surface area (Å²) in [6, 6.07) is 1.89. The molecule has 2 aromatic heterocycles. The van der Waals surface area contributed by atoms with Gasteiger partial charge in [0.2, 0.25) is 0 Å². The number of esters is 1. The summed E-state index contributed by atoms with van der Waals surface area (Å²) >= 11 is 0. The standard InChI is InChI=1S/C15H20N3O3P/c1-20-15(19)10-3-5-11(6-4-10)21-13-7-8-16-14-12(13)9-17-18(14)22-2/h7-11,22H,3-6H2,1-2H3/t10-,11-. The van der Waals surface area contributed by atoms with Crippen LogP contribution in [0.25, 0.3) is 11.0 Å². The number of ether oxygens (including phenoxy) is 2. The second-order valence-corrected chi connectivity index (χ2v) is 6.31. The van der Waals surface area contributed by atoms with Gasteiger partial charge >= 0.3 is 5.97 Å². The summed E-state index contributed by atoms with van der Waals surface area (Å²) in [7, 11) is 1.99. The number of pyridine rings is 1. The molecule has 0 N–H and O–H groups in total. The van der Waals surface area contributed by atoms with Crippen molar-refractivity contribution in [1.82, 2.24) is 14.5 Å². The van der Waals surface area contributed by atoms with Crippen LogP contribution in [0.3, 0.4) is 0 Å². The average molecular weight is 321 g/mol. The molecule has 2 aromatic rings. The van der Waals surface area contributed by atoms with Gasteiger partial charge in [0.25, 0.3) is 0 Å². The zero-order valence-corrected chi connectivity index (χ0v) is 13.8. The zero-order valence-electron chi connectivity index (χ0n) is 12.8. The maximum atomic E-state index is 11.6. The molecule has 0 aromatic carbocycles. The Bertz CT molecular complexity index is 665. The molecular formula is C15H20N3O3P.